The van der Waals surface area contributed by atoms with Crippen molar-refractivity contribution in [2.24, 2.45) is 0 Å². The van der Waals surface area contributed by atoms with Crippen LogP contribution in [-0.4, -0.2) is 60.9 Å². The van der Waals surface area contributed by atoms with Gasteiger partial charge < -0.3 is 13.6 Å². The van der Waals surface area contributed by atoms with Gasteiger partial charge >= 0.3 is 0 Å². The lowest BCUT2D eigenvalue weighted by Crippen LogP contribution is -2.48. The number of anilines is 1. The van der Waals surface area contributed by atoms with Crippen molar-refractivity contribution in [3.8, 4) is 0 Å². The standard InChI is InChI=1S/C24H43N5O5Si2/c1-15(30)26-22-27-20-19(21(31)28-22)25-14-29(20)18-12-16(34-36(10,11)24(5,6)7)17(33-18)13-32-35(8,9)23(2,3)4/h14,16-18H,12-13H2,1-11H3,(H2,26,27,28,30,31)/t16-,17+,18-/m0/s1. The molecule has 1 saturated heterocycles. The van der Waals surface area contributed by atoms with Gasteiger partial charge in [-0.05, 0) is 36.3 Å². The van der Waals surface area contributed by atoms with E-state index in [4.69, 9.17) is 13.6 Å². The van der Waals surface area contributed by atoms with Gasteiger partial charge in [0.25, 0.3) is 5.56 Å². The highest BCUT2D eigenvalue weighted by Crippen LogP contribution is 2.42. The topological polar surface area (TPSA) is 120 Å². The first kappa shape index (κ1) is 28.7. The molecular formula is C24H43N5O5Si2. The summed E-state index contributed by atoms with van der Waals surface area (Å²) in [7, 11) is -4.10. The molecule has 0 bridgehead atoms. The molecule has 2 N–H and O–H groups in total. The van der Waals surface area contributed by atoms with E-state index in [-0.39, 0.29) is 39.7 Å². The van der Waals surface area contributed by atoms with Gasteiger partial charge in [0.2, 0.25) is 11.9 Å². The van der Waals surface area contributed by atoms with Crippen LogP contribution in [0.25, 0.3) is 11.2 Å². The van der Waals surface area contributed by atoms with Crippen LogP contribution < -0.4 is 10.9 Å². The fourth-order valence-electron chi connectivity index (χ4n) is 3.57. The summed E-state index contributed by atoms with van der Waals surface area (Å²) < 4.78 is 21.7. The third-order valence-electron chi connectivity index (χ3n) is 7.88. The fourth-order valence-corrected chi connectivity index (χ4v) is 5.94. The number of hydrogen-bond acceptors (Lipinski definition) is 7. The first-order chi connectivity index (χ1) is 16.3. The minimum atomic E-state index is -2.09. The molecular weight excluding hydrogens is 494 g/mol. The van der Waals surface area contributed by atoms with E-state index in [0.717, 1.165) is 0 Å². The predicted octanol–water partition coefficient (Wildman–Crippen LogP) is 4.78. The van der Waals surface area contributed by atoms with Crippen LogP contribution in [0.2, 0.25) is 36.3 Å². The van der Waals surface area contributed by atoms with Gasteiger partial charge in [-0.25, -0.2) is 4.98 Å². The number of rotatable bonds is 7. The fraction of sp³-hybridized carbons (Fsp3) is 0.750. The number of ether oxygens (including phenoxy) is 1. The molecule has 1 amide bonds. The highest BCUT2D eigenvalue weighted by molar-refractivity contribution is 6.74. The van der Waals surface area contributed by atoms with Crippen molar-refractivity contribution in [1.82, 2.24) is 19.5 Å². The largest absolute Gasteiger partial charge is 0.414 e. The molecule has 0 saturated carbocycles. The molecule has 1 fully saturated rings. The lowest BCUT2D eigenvalue weighted by atomic mass is 10.2. The van der Waals surface area contributed by atoms with Crippen LogP contribution in [0.3, 0.4) is 0 Å². The number of H-pyrrole nitrogens is 1. The Morgan fingerprint density at radius 2 is 1.78 bits per heavy atom. The van der Waals surface area contributed by atoms with Crippen LogP contribution in [0.5, 0.6) is 0 Å². The number of fused-ring (bicyclic) bond motifs is 1. The number of nitrogens with zero attached hydrogens (tertiary/aromatic N) is 3. The Kier molecular flexibility index (Phi) is 7.80. The SMILES string of the molecule is CC(=O)Nc1nc2c(ncn2[C@@H]2C[C@H](O[Si](C)(C)C(C)(C)C)[C@@H](CO[Si](C)(C)C(C)(C)C)O2)c(=O)[nH]1. The third-order valence-corrected chi connectivity index (χ3v) is 16.9. The second-order valence-electron chi connectivity index (χ2n) is 12.8. The first-order valence-corrected chi connectivity index (χ1v) is 18.4. The van der Waals surface area contributed by atoms with Crippen LogP contribution >= 0.6 is 0 Å². The van der Waals surface area contributed by atoms with E-state index >= 15 is 0 Å². The van der Waals surface area contributed by atoms with E-state index in [1.165, 1.54) is 6.92 Å². The van der Waals surface area contributed by atoms with E-state index in [0.29, 0.717) is 18.7 Å². The predicted molar refractivity (Wildman–Crippen MR) is 146 cm³/mol. The average molecular weight is 538 g/mol. The summed E-state index contributed by atoms with van der Waals surface area (Å²) in [5.74, 6) is -0.252. The van der Waals surface area contributed by atoms with Gasteiger partial charge in [-0.2, -0.15) is 4.98 Å². The molecule has 2 aromatic rings. The average Bonchev–Trinajstić information content (AvgIpc) is 3.28. The van der Waals surface area contributed by atoms with Gasteiger partial charge in [0.15, 0.2) is 27.8 Å². The molecule has 0 aliphatic carbocycles. The Morgan fingerprint density at radius 1 is 1.17 bits per heavy atom. The normalized spacial score (nSPS) is 21.8. The maximum absolute atomic E-state index is 12.5. The summed E-state index contributed by atoms with van der Waals surface area (Å²) in [4.78, 5) is 35.3. The van der Waals surface area contributed by atoms with Gasteiger partial charge in [-0.15, -0.1) is 0 Å². The van der Waals surface area contributed by atoms with Crippen molar-refractivity contribution < 1.29 is 18.4 Å². The summed E-state index contributed by atoms with van der Waals surface area (Å²) in [6.07, 6.45) is 1.27. The van der Waals surface area contributed by atoms with Crippen molar-refractivity contribution in [2.75, 3.05) is 11.9 Å². The molecule has 202 valence electrons. The number of amides is 1. The molecule has 10 nitrogen and oxygen atoms in total. The summed E-state index contributed by atoms with van der Waals surface area (Å²) in [6.45, 7) is 24.0. The lowest BCUT2D eigenvalue weighted by molar-refractivity contribution is -0.114. The molecule has 0 radical (unpaired) electrons. The Morgan fingerprint density at radius 3 is 2.33 bits per heavy atom. The van der Waals surface area contributed by atoms with Crippen molar-refractivity contribution in [2.45, 2.75) is 110 Å². The molecule has 3 atom stereocenters. The summed E-state index contributed by atoms with van der Waals surface area (Å²) in [6, 6.07) is 0. The van der Waals surface area contributed by atoms with E-state index < -0.39 is 28.4 Å². The monoisotopic (exact) mass is 537 g/mol. The minimum Gasteiger partial charge on any atom is -0.414 e. The zero-order valence-electron chi connectivity index (χ0n) is 23.6. The van der Waals surface area contributed by atoms with Gasteiger partial charge in [-0.1, -0.05) is 41.5 Å². The van der Waals surface area contributed by atoms with Crippen molar-refractivity contribution in [3.05, 3.63) is 16.7 Å². The van der Waals surface area contributed by atoms with E-state index in [1.54, 1.807) is 10.9 Å². The third kappa shape index (κ3) is 5.99. The van der Waals surface area contributed by atoms with E-state index in [2.05, 4.69) is 88.0 Å². The molecule has 0 aromatic carbocycles. The first-order valence-electron chi connectivity index (χ1n) is 12.5. The van der Waals surface area contributed by atoms with E-state index in [1.807, 2.05) is 0 Å². The molecule has 3 heterocycles. The maximum Gasteiger partial charge on any atom is 0.280 e. The number of imidazole rings is 1. The Balaban J connectivity index is 1.94. The van der Waals surface area contributed by atoms with Gasteiger partial charge in [0.1, 0.15) is 12.3 Å². The van der Waals surface area contributed by atoms with Crippen LogP contribution in [0, 0.1) is 0 Å². The van der Waals surface area contributed by atoms with Crippen molar-refractivity contribution >= 4 is 39.7 Å². The quantitative estimate of drug-likeness (QED) is 0.488. The number of aromatic amines is 1. The Hall–Kier alpha value is -1.87. The van der Waals surface area contributed by atoms with Gasteiger partial charge in [0, 0.05) is 13.3 Å². The number of aromatic nitrogens is 4. The molecule has 1 aliphatic heterocycles. The maximum atomic E-state index is 12.5. The second kappa shape index (κ2) is 9.78. The number of nitrogens with one attached hydrogen (secondary N) is 2. The zero-order chi connectivity index (χ0) is 27.3. The summed E-state index contributed by atoms with van der Waals surface area (Å²) in [5.41, 5.74) is 0.118. The van der Waals surface area contributed by atoms with E-state index in [9.17, 15) is 9.59 Å². The van der Waals surface area contributed by atoms with Crippen molar-refractivity contribution in [3.63, 3.8) is 0 Å². The molecule has 36 heavy (non-hydrogen) atoms. The Labute approximate surface area is 215 Å². The highest BCUT2D eigenvalue weighted by Gasteiger charge is 2.46. The van der Waals surface area contributed by atoms with Crippen LogP contribution in [0.4, 0.5) is 5.95 Å². The number of carbonyl (C=O) groups excluding carboxylic acids is 1. The van der Waals surface area contributed by atoms with Crippen molar-refractivity contribution in [1.29, 1.82) is 0 Å². The van der Waals surface area contributed by atoms with Crippen LogP contribution in [0.1, 0.15) is 61.1 Å². The van der Waals surface area contributed by atoms with Crippen LogP contribution in [-0.2, 0) is 18.4 Å². The number of hydrogen-bond donors (Lipinski definition) is 2. The summed E-state index contributed by atoms with van der Waals surface area (Å²) >= 11 is 0. The lowest BCUT2D eigenvalue weighted by Gasteiger charge is -2.40. The molecule has 1 aliphatic rings. The van der Waals surface area contributed by atoms with Gasteiger partial charge in [0.05, 0.1) is 19.0 Å². The second-order valence-corrected chi connectivity index (χ2v) is 22.3. The highest BCUT2D eigenvalue weighted by atomic mass is 28.4. The summed E-state index contributed by atoms with van der Waals surface area (Å²) in [5, 5.41) is 2.66. The van der Waals surface area contributed by atoms with Gasteiger partial charge in [-0.3, -0.25) is 24.5 Å². The minimum absolute atomic E-state index is 0.0414. The van der Waals surface area contributed by atoms with Crippen LogP contribution in [0.15, 0.2) is 11.1 Å². The molecule has 3 rings (SSSR count). The smallest absolute Gasteiger partial charge is 0.280 e. The molecule has 0 spiro atoms. The molecule has 0 unspecified atom stereocenters. The number of carbonyl (C=O) groups is 1. The molecule has 2 aromatic heterocycles. The molecule has 12 heteroatoms. The Bertz CT molecular complexity index is 1160. The zero-order valence-corrected chi connectivity index (χ0v) is 25.6.